The van der Waals surface area contributed by atoms with Crippen LogP contribution in [0.3, 0.4) is 0 Å². The summed E-state index contributed by atoms with van der Waals surface area (Å²) < 4.78 is 11.4. The molecule has 0 saturated heterocycles. The molecule has 2 aromatic rings. The highest BCUT2D eigenvalue weighted by Gasteiger charge is 2.15. The zero-order valence-corrected chi connectivity index (χ0v) is 12.8. The molecule has 1 saturated carbocycles. The first-order valence-corrected chi connectivity index (χ1v) is 7.77. The summed E-state index contributed by atoms with van der Waals surface area (Å²) in [7, 11) is 1.70. The predicted molar refractivity (Wildman–Crippen MR) is 85.0 cm³/mol. The Hall–Kier alpha value is -1.90. The zero-order valence-electron chi connectivity index (χ0n) is 12.8. The number of H-pyrrole nitrogens is 1. The van der Waals surface area contributed by atoms with Gasteiger partial charge in [-0.05, 0) is 62.4 Å². The van der Waals surface area contributed by atoms with Crippen LogP contribution >= 0.6 is 0 Å². The van der Waals surface area contributed by atoms with Crippen LogP contribution in [0.4, 0.5) is 0 Å². The maximum Gasteiger partial charge on any atom is 0.139 e. The van der Waals surface area contributed by atoms with Gasteiger partial charge in [0.1, 0.15) is 11.5 Å². The number of benzene rings is 1. The molecule has 1 aromatic carbocycles. The Balaban J connectivity index is 1.72. The quantitative estimate of drug-likeness (QED) is 0.882. The number of hydrogen-bond acceptors (Lipinski definition) is 2. The van der Waals surface area contributed by atoms with Crippen molar-refractivity contribution in [3.8, 4) is 22.8 Å². The van der Waals surface area contributed by atoms with E-state index in [-0.39, 0.29) is 0 Å². The normalized spacial score (nSPS) is 15.9. The maximum absolute atomic E-state index is 6.07. The standard InChI is InChI=1S/C18H23NO2/c1-13-17(20-2)12-19-18(13)14-8-10-16(11-9-14)21-15-6-4-3-5-7-15/h8-12,15,19H,3-7H2,1-2H3. The summed E-state index contributed by atoms with van der Waals surface area (Å²) in [6, 6.07) is 8.35. The lowest BCUT2D eigenvalue weighted by Gasteiger charge is -2.23. The van der Waals surface area contributed by atoms with Gasteiger partial charge < -0.3 is 14.5 Å². The van der Waals surface area contributed by atoms with Crippen molar-refractivity contribution in [1.82, 2.24) is 4.98 Å². The van der Waals surface area contributed by atoms with E-state index in [0.29, 0.717) is 6.10 Å². The van der Waals surface area contributed by atoms with E-state index in [0.717, 1.165) is 28.3 Å². The van der Waals surface area contributed by atoms with Crippen molar-refractivity contribution in [2.24, 2.45) is 0 Å². The second kappa shape index (κ2) is 6.25. The van der Waals surface area contributed by atoms with E-state index in [2.05, 4.69) is 36.2 Å². The third-order valence-electron chi connectivity index (χ3n) is 4.31. The molecular weight excluding hydrogens is 262 g/mol. The van der Waals surface area contributed by atoms with Crippen LogP contribution in [0, 0.1) is 6.92 Å². The van der Waals surface area contributed by atoms with Gasteiger partial charge in [-0.2, -0.15) is 0 Å². The topological polar surface area (TPSA) is 34.2 Å². The summed E-state index contributed by atoms with van der Waals surface area (Å²) in [6.07, 6.45) is 8.62. The highest BCUT2D eigenvalue weighted by atomic mass is 16.5. The first kappa shape index (κ1) is 14.1. The van der Waals surface area contributed by atoms with E-state index in [9.17, 15) is 0 Å². The third-order valence-corrected chi connectivity index (χ3v) is 4.31. The van der Waals surface area contributed by atoms with Crippen molar-refractivity contribution in [3.63, 3.8) is 0 Å². The fourth-order valence-corrected chi connectivity index (χ4v) is 3.06. The van der Waals surface area contributed by atoms with Crippen LogP contribution < -0.4 is 9.47 Å². The molecule has 1 aliphatic rings. The molecule has 0 amide bonds. The molecule has 1 N–H and O–H groups in total. The van der Waals surface area contributed by atoms with Crippen molar-refractivity contribution >= 4 is 0 Å². The molecule has 0 atom stereocenters. The van der Waals surface area contributed by atoms with Gasteiger partial charge in [-0.25, -0.2) is 0 Å². The molecule has 0 spiro atoms. The van der Waals surface area contributed by atoms with Crippen LogP contribution in [-0.4, -0.2) is 18.2 Å². The second-order valence-electron chi connectivity index (χ2n) is 5.76. The third kappa shape index (κ3) is 3.07. The van der Waals surface area contributed by atoms with E-state index < -0.39 is 0 Å². The molecule has 1 aliphatic carbocycles. The average Bonchev–Trinajstić information content (AvgIpc) is 2.90. The minimum absolute atomic E-state index is 0.400. The van der Waals surface area contributed by atoms with Crippen LogP contribution in [0.2, 0.25) is 0 Å². The van der Waals surface area contributed by atoms with Crippen molar-refractivity contribution in [2.45, 2.75) is 45.1 Å². The maximum atomic E-state index is 6.07. The monoisotopic (exact) mass is 285 g/mol. The van der Waals surface area contributed by atoms with E-state index in [1.54, 1.807) is 7.11 Å². The molecule has 1 fully saturated rings. The summed E-state index contributed by atoms with van der Waals surface area (Å²) in [5.74, 6) is 1.87. The second-order valence-corrected chi connectivity index (χ2v) is 5.76. The fraction of sp³-hybridized carbons (Fsp3) is 0.444. The molecule has 3 heteroatoms. The fourth-order valence-electron chi connectivity index (χ4n) is 3.06. The Labute approximate surface area is 126 Å². The molecule has 21 heavy (non-hydrogen) atoms. The SMILES string of the molecule is COc1c[nH]c(-c2ccc(OC3CCCCC3)cc2)c1C. The number of aromatic amines is 1. The summed E-state index contributed by atoms with van der Waals surface area (Å²) in [5.41, 5.74) is 3.40. The van der Waals surface area contributed by atoms with E-state index >= 15 is 0 Å². The Morgan fingerprint density at radius 2 is 1.76 bits per heavy atom. The first-order valence-electron chi connectivity index (χ1n) is 7.77. The van der Waals surface area contributed by atoms with E-state index in [4.69, 9.17) is 9.47 Å². The molecule has 3 nitrogen and oxygen atoms in total. The molecule has 0 aliphatic heterocycles. The van der Waals surface area contributed by atoms with Crippen LogP contribution in [0.15, 0.2) is 30.5 Å². The number of rotatable bonds is 4. The molecule has 0 radical (unpaired) electrons. The number of nitrogens with one attached hydrogen (secondary N) is 1. The van der Waals surface area contributed by atoms with Crippen molar-refractivity contribution < 1.29 is 9.47 Å². The molecule has 0 bridgehead atoms. The number of ether oxygens (including phenoxy) is 2. The van der Waals surface area contributed by atoms with Gasteiger partial charge in [-0.15, -0.1) is 0 Å². The minimum atomic E-state index is 0.400. The predicted octanol–water partition coefficient (Wildman–Crippen LogP) is 4.71. The van der Waals surface area contributed by atoms with Gasteiger partial charge in [0.05, 0.1) is 18.9 Å². The van der Waals surface area contributed by atoms with Crippen molar-refractivity contribution in [2.75, 3.05) is 7.11 Å². The van der Waals surface area contributed by atoms with Gasteiger partial charge in [-0.3, -0.25) is 0 Å². The largest absolute Gasteiger partial charge is 0.495 e. The summed E-state index contributed by atoms with van der Waals surface area (Å²) in [5, 5.41) is 0. The van der Waals surface area contributed by atoms with Crippen LogP contribution in [0.25, 0.3) is 11.3 Å². The Kier molecular flexibility index (Phi) is 4.18. The van der Waals surface area contributed by atoms with E-state index in [1.807, 2.05) is 6.20 Å². The lowest BCUT2D eigenvalue weighted by atomic mass is 9.98. The minimum Gasteiger partial charge on any atom is -0.495 e. The smallest absolute Gasteiger partial charge is 0.139 e. The van der Waals surface area contributed by atoms with Crippen LogP contribution in [-0.2, 0) is 0 Å². The molecule has 0 unspecified atom stereocenters. The number of aromatic nitrogens is 1. The van der Waals surface area contributed by atoms with Crippen molar-refractivity contribution in [3.05, 3.63) is 36.0 Å². The summed E-state index contributed by atoms with van der Waals surface area (Å²) in [6.45, 7) is 2.07. The van der Waals surface area contributed by atoms with Gasteiger partial charge in [0.2, 0.25) is 0 Å². The van der Waals surface area contributed by atoms with Gasteiger partial charge in [-0.1, -0.05) is 6.42 Å². The summed E-state index contributed by atoms with van der Waals surface area (Å²) >= 11 is 0. The highest BCUT2D eigenvalue weighted by Crippen LogP contribution is 2.31. The number of methoxy groups -OCH3 is 1. The summed E-state index contributed by atoms with van der Waals surface area (Å²) in [4.78, 5) is 3.28. The first-order chi connectivity index (χ1) is 10.3. The molecule has 3 rings (SSSR count). The van der Waals surface area contributed by atoms with Crippen LogP contribution in [0.1, 0.15) is 37.7 Å². The van der Waals surface area contributed by atoms with Crippen LogP contribution in [0.5, 0.6) is 11.5 Å². The van der Waals surface area contributed by atoms with Crippen molar-refractivity contribution in [1.29, 1.82) is 0 Å². The lowest BCUT2D eigenvalue weighted by molar-refractivity contribution is 0.155. The Morgan fingerprint density at radius 3 is 2.38 bits per heavy atom. The number of hydrogen-bond donors (Lipinski definition) is 1. The Morgan fingerprint density at radius 1 is 1.05 bits per heavy atom. The zero-order chi connectivity index (χ0) is 14.7. The van der Waals surface area contributed by atoms with E-state index in [1.165, 1.54) is 32.1 Å². The molecule has 1 heterocycles. The van der Waals surface area contributed by atoms with Gasteiger partial charge >= 0.3 is 0 Å². The lowest BCUT2D eigenvalue weighted by Crippen LogP contribution is -2.19. The highest BCUT2D eigenvalue weighted by molar-refractivity contribution is 5.67. The van der Waals surface area contributed by atoms with Gasteiger partial charge in [0.15, 0.2) is 0 Å². The molecule has 112 valence electrons. The average molecular weight is 285 g/mol. The molecular formula is C18H23NO2. The molecule has 1 aromatic heterocycles. The van der Waals surface area contributed by atoms with Gasteiger partial charge in [0.25, 0.3) is 0 Å². The Bertz CT molecular complexity index is 580. The van der Waals surface area contributed by atoms with Gasteiger partial charge in [0, 0.05) is 11.8 Å².